The van der Waals surface area contributed by atoms with Crippen LogP contribution in [0, 0.1) is 6.92 Å². The lowest BCUT2D eigenvalue weighted by Gasteiger charge is -2.25. The molecule has 2 heterocycles. The summed E-state index contributed by atoms with van der Waals surface area (Å²) in [5, 5.41) is 6.34. The average Bonchev–Trinajstić information content (AvgIpc) is 2.90. The number of rotatable bonds is 3. The molecule has 3 rings (SSSR count). The van der Waals surface area contributed by atoms with Gasteiger partial charge in [0.05, 0.1) is 6.54 Å². The van der Waals surface area contributed by atoms with Crippen molar-refractivity contribution in [1.82, 2.24) is 10.6 Å². The number of benzene rings is 1. The third-order valence-electron chi connectivity index (χ3n) is 3.60. The lowest BCUT2D eigenvalue weighted by Crippen LogP contribution is -2.41. The molecule has 1 aliphatic heterocycles. The molecule has 2 N–H and O–H groups in total. The summed E-state index contributed by atoms with van der Waals surface area (Å²) in [7, 11) is 0. The fourth-order valence-electron chi connectivity index (χ4n) is 2.59. The molecule has 0 spiro atoms. The van der Waals surface area contributed by atoms with Gasteiger partial charge < -0.3 is 10.6 Å². The molecule has 4 heteroatoms. The number of fused-ring (bicyclic) bond motifs is 1. The first-order chi connectivity index (χ1) is 9.74. The van der Waals surface area contributed by atoms with Gasteiger partial charge in [0, 0.05) is 16.3 Å². The van der Waals surface area contributed by atoms with E-state index < -0.39 is 0 Å². The van der Waals surface area contributed by atoms with E-state index in [0.717, 1.165) is 18.5 Å². The Bertz CT molecular complexity index is 620. The molecule has 1 atom stereocenters. The normalized spacial score (nSPS) is 17.6. The quantitative estimate of drug-likeness (QED) is 0.910. The van der Waals surface area contributed by atoms with Crippen molar-refractivity contribution in [3.63, 3.8) is 0 Å². The zero-order chi connectivity index (χ0) is 13.9. The predicted molar refractivity (Wildman–Crippen MR) is 81.8 cm³/mol. The minimum absolute atomic E-state index is 0.0585. The van der Waals surface area contributed by atoms with Gasteiger partial charge in [0.25, 0.3) is 0 Å². The highest BCUT2D eigenvalue weighted by Gasteiger charge is 2.25. The standard InChI is InChI=1S/C16H18N2OS/c1-11-6-7-13(20-11)10-18-16(19)15-14-5-3-2-4-12(14)8-9-17-15/h2-7,15,17H,8-10H2,1H3,(H,18,19). The van der Waals surface area contributed by atoms with Crippen molar-refractivity contribution in [1.29, 1.82) is 0 Å². The van der Waals surface area contributed by atoms with Crippen molar-refractivity contribution in [3.05, 3.63) is 57.3 Å². The molecule has 1 aromatic heterocycles. The molecular formula is C16H18N2OS. The molecule has 3 nitrogen and oxygen atoms in total. The zero-order valence-corrected chi connectivity index (χ0v) is 12.3. The number of hydrogen-bond donors (Lipinski definition) is 2. The molecule has 20 heavy (non-hydrogen) atoms. The summed E-state index contributed by atoms with van der Waals surface area (Å²) in [5.74, 6) is 0.0585. The van der Waals surface area contributed by atoms with Crippen LogP contribution in [0.15, 0.2) is 36.4 Å². The maximum atomic E-state index is 12.4. The van der Waals surface area contributed by atoms with Crippen LogP contribution in [-0.2, 0) is 17.8 Å². The molecule has 0 radical (unpaired) electrons. The summed E-state index contributed by atoms with van der Waals surface area (Å²) < 4.78 is 0. The molecule has 0 bridgehead atoms. The smallest absolute Gasteiger partial charge is 0.242 e. The summed E-state index contributed by atoms with van der Waals surface area (Å²) >= 11 is 1.73. The molecule has 0 saturated heterocycles. The molecular weight excluding hydrogens is 268 g/mol. The van der Waals surface area contributed by atoms with Gasteiger partial charge >= 0.3 is 0 Å². The highest BCUT2D eigenvalue weighted by Crippen LogP contribution is 2.23. The summed E-state index contributed by atoms with van der Waals surface area (Å²) in [4.78, 5) is 14.8. The molecule has 1 unspecified atom stereocenters. The maximum absolute atomic E-state index is 12.4. The van der Waals surface area contributed by atoms with E-state index in [1.807, 2.05) is 18.2 Å². The van der Waals surface area contributed by atoms with Crippen LogP contribution in [-0.4, -0.2) is 12.5 Å². The highest BCUT2D eigenvalue weighted by molar-refractivity contribution is 7.11. The molecule has 0 fully saturated rings. The molecule has 1 aliphatic rings. The Labute approximate surface area is 123 Å². The number of aryl methyl sites for hydroxylation is 1. The number of thiophene rings is 1. The average molecular weight is 286 g/mol. The minimum Gasteiger partial charge on any atom is -0.350 e. The second kappa shape index (κ2) is 5.77. The second-order valence-electron chi connectivity index (χ2n) is 5.07. The fraction of sp³-hybridized carbons (Fsp3) is 0.312. The second-order valence-corrected chi connectivity index (χ2v) is 6.44. The van der Waals surface area contributed by atoms with Gasteiger partial charge in [-0.15, -0.1) is 11.3 Å². The largest absolute Gasteiger partial charge is 0.350 e. The van der Waals surface area contributed by atoms with Crippen LogP contribution in [0.1, 0.15) is 26.9 Å². The SMILES string of the molecule is Cc1ccc(CNC(=O)C2NCCc3ccccc32)s1. The van der Waals surface area contributed by atoms with Crippen molar-refractivity contribution in [2.75, 3.05) is 6.54 Å². The first-order valence-corrected chi connectivity index (χ1v) is 7.70. The van der Waals surface area contributed by atoms with Gasteiger partial charge in [-0.1, -0.05) is 24.3 Å². The van der Waals surface area contributed by atoms with E-state index >= 15 is 0 Å². The molecule has 1 amide bonds. The summed E-state index contributed by atoms with van der Waals surface area (Å²) in [6, 6.07) is 12.1. The summed E-state index contributed by atoms with van der Waals surface area (Å²) in [5.41, 5.74) is 2.39. The van der Waals surface area contributed by atoms with E-state index in [4.69, 9.17) is 0 Å². The van der Waals surface area contributed by atoms with Gasteiger partial charge in [-0.05, 0) is 36.6 Å². The van der Waals surface area contributed by atoms with Gasteiger partial charge in [-0.2, -0.15) is 0 Å². The Kier molecular flexibility index (Phi) is 3.85. The van der Waals surface area contributed by atoms with Crippen LogP contribution >= 0.6 is 11.3 Å². The highest BCUT2D eigenvalue weighted by atomic mass is 32.1. The van der Waals surface area contributed by atoms with E-state index in [-0.39, 0.29) is 11.9 Å². The van der Waals surface area contributed by atoms with E-state index in [9.17, 15) is 4.79 Å². The first kappa shape index (κ1) is 13.3. The topological polar surface area (TPSA) is 41.1 Å². The van der Waals surface area contributed by atoms with Crippen LogP contribution in [0.4, 0.5) is 0 Å². The number of carbonyl (C=O) groups is 1. The van der Waals surface area contributed by atoms with E-state index in [1.54, 1.807) is 11.3 Å². The maximum Gasteiger partial charge on any atom is 0.242 e. The Balaban J connectivity index is 1.69. The summed E-state index contributed by atoms with van der Waals surface area (Å²) in [6.45, 7) is 3.54. The lowest BCUT2D eigenvalue weighted by molar-refractivity contribution is -0.123. The molecule has 2 aromatic rings. The van der Waals surface area contributed by atoms with Gasteiger partial charge in [0.15, 0.2) is 0 Å². The Morgan fingerprint density at radius 3 is 3.00 bits per heavy atom. The fourth-order valence-corrected chi connectivity index (χ4v) is 3.43. The Morgan fingerprint density at radius 1 is 1.35 bits per heavy atom. The molecule has 104 valence electrons. The zero-order valence-electron chi connectivity index (χ0n) is 11.5. The van der Waals surface area contributed by atoms with Crippen molar-refractivity contribution in [3.8, 4) is 0 Å². The van der Waals surface area contributed by atoms with Gasteiger partial charge in [0.1, 0.15) is 6.04 Å². The van der Waals surface area contributed by atoms with Crippen molar-refractivity contribution in [2.45, 2.75) is 25.9 Å². The summed E-state index contributed by atoms with van der Waals surface area (Å²) in [6.07, 6.45) is 0.990. The Hall–Kier alpha value is -1.65. The van der Waals surface area contributed by atoms with Gasteiger partial charge in [-0.3, -0.25) is 4.79 Å². The predicted octanol–water partition coefficient (Wildman–Crippen LogP) is 2.56. The van der Waals surface area contributed by atoms with E-state index in [2.05, 4.69) is 35.8 Å². The third kappa shape index (κ3) is 2.76. The molecule has 0 aliphatic carbocycles. The van der Waals surface area contributed by atoms with Crippen molar-refractivity contribution in [2.24, 2.45) is 0 Å². The van der Waals surface area contributed by atoms with Crippen LogP contribution in [0.5, 0.6) is 0 Å². The molecule has 1 aromatic carbocycles. The van der Waals surface area contributed by atoms with Crippen LogP contribution in [0.25, 0.3) is 0 Å². The van der Waals surface area contributed by atoms with Crippen molar-refractivity contribution < 1.29 is 4.79 Å². The van der Waals surface area contributed by atoms with Crippen LogP contribution < -0.4 is 10.6 Å². The van der Waals surface area contributed by atoms with E-state index in [1.165, 1.54) is 15.3 Å². The number of nitrogens with one attached hydrogen (secondary N) is 2. The van der Waals surface area contributed by atoms with Crippen LogP contribution in [0.3, 0.4) is 0 Å². The van der Waals surface area contributed by atoms with Crippen LogP contribution in [0.2, 0.25) is 0 Å². The number of hydrogen-bond acceptors (Lipinski definition) is 3. The Morgan fingerprint density at radius 2 is 2.20 bits per heavy atom. The minimum atomic E-state index is -0.221. The monoisotopic (exact) mass is 286 g/mol. The van der Waals surface area contributed by atoms with E-state index in [0.29, 0.717) is 6.54 Å². The van der Waals surface area contributed by atoms with Gasteiger partial charge in [-0.25, -0.2) is 0 Å². The van der Waals surface area contributed by atoms with Gasteiger partial charge in [0.2, 0.25) is 5.91 Å². The third-order valence-corrected chi connectivity index (χ3v) is 4.60. The van der Waals surface area contributed by atoms with Crippen molar-refractivity contribution >= 4 is 17.2 Å². The lowest BCUT2D eigenvalue weighted by atomic mass is 9.94. The molecule has 0 saturated carbocycles. The number of amides is 1. The number of carbonyl (C=O) groups excluding carboxylic acids is 1. The first-order valence-electron chi connectivity index (χ1n) is 6.88.